The summed E-state index contributed by atoms with van der Waals surface area (Å²) in [6, 6.07) is 4.54. The van der Waals surface area contributed by atoms with Crippen molar-refractivity contribution in [3.8, 4) is 0 Å². The highest BCUT2D eigenvalue weighted by molar-refractivity contribution is 5.92. The fourth-order valence-electron chi connectivity index (χ4n) is 1.27. The molecule has 0 bridgehead atoms. The van der Waals surface area contributed by atoms with Crippen LogP contribution in [0.1, 0.15) is 16.3 Å². The zero-order valence-electron chi connectivity index (χ0n) is 10.1. The Labute approximate surface area is 115 Å². The number of hydrogen-bond donors (Lipinski definition) is 1. The van der Waals surface area contributed by atoms with Crippen LogP contribution in [0.3, 0.4) is 0 Å². The van der Waals surface area contributed by atoms with Crippen LogP contribution >= 0.6 is 0 Å². The highest BCUT2D eigenvalue weighted by Crippen LogP contribution is 2.15. The van der Waals surface area contributed by atoms with Gasteiger partial charge in [-0.15, -0.1) is 0 Å². The van der Waals surface area contributed by atoms with E-state index in [1.807, 2.05) is 5.43 Å². The Morgan fingerprint density at radius 3 is 2.29 bits per heavy atom. The van der Waals surface area contributed by atoms with Gasteiger partial charge in [0.2, 0.25) is 5.76 Å². The van der Waals surface area contributed by atoms with E-state index in [4.69, 9.17) is 4.42 Å². The molecule has 0 saturated heterocycles. The zero-order valence-corrected chi connectivity index (χ0v) is 10.1. The minimum atomic E-state index is -0.819. The molecule has 21 heavy (non-hydrogen) atoms. The van der Waals surface area contributed by atoms with Gasteiger partial charge in [0.15, 0.2) is 5.76 Å². The summed E-state index contributed by atoms with van der Waals surface area (Å²) in [5.74, 6) is -2.12. The van der Waals surface area contributed by atoms with Crippen molar-refractivity contribution in [3.63, 3.8) is 0 Å². The maximum absolute atomic E-state index is 11.5. The Kier molecular flexibility index (Phi) is 3.74. The Hall–Kier alpha value is -3.50. The minimum absolute atomic E-state index is 0.0485. The standard InChI is InChI=1S/C10H6N4O7/c15-10(7-2-4-9(21-7)14(18)19)12-11-5-6-1-3-8(20-6)13(16)17/h1-5H,(H,12,15). The first-order valence-electron chi connectivity index (χ1n) is 5.29. The average molecular weight is 294 g/mol. The summed E-state index contributed by atoms with van der Waals surface area (Å²) in [5.41, 5.74) is 2.02. The Balaban J connectivity index is 1.97. The van der Waals surface area contributed by atoms with E-state index in [2.05, 4.69) is 9.52 Å². The van der Waals surface area contributed by atoms with Crippen molar-refractivity contribution in [2.45, 2.75) is 0 Å². The number of carbonyl (C=O) groups excluding carboxylic acids is 1. The molecule has 2 aromatic heterocycles. The van der Waals surface area contributed by atoms with Crippen LogP contribution < -0.4 is 5.43 Å². The van der Waals surface area contributed by atoms with E-state index in [1.54, 1.807) is 0 Å². The largest absolute Gasteiger partial charge is 0.433 e. The first-order chi connectivity index (χ1) is 9.97. The average Bonchev–Trinajstić information content (AvgIpc) is 3.07. The van der Waals surface area contributed by atoms with Crippen LogP contribution in [-0.2, 0) is 0 Å². The van der Waals surface area contributed by atoms with E-state index in [1.165, 1.54) is 6.07 Å². The van der Waals surface area contributed by atoms with Gasteiger partial charge in [-0.05, 0) is 12.1 Å². The van der Waals surface area contributed by atoms with E-state index >= 15 is 0 Å². The smallest absolute Gasteiger partial charge is 0.400 e. The van der Waals surface area contributed by atoms with Crippen molar-refractivity contribution in [1.82, 2.24) is 5.43 Å². The number of carbonyl (C=O) groups is 1. The first-order valence-corrected chi connectivity index (χ1v) is 5.29. The maximum atomic E-state index is 11.5. The molecule has 2 heterocycles. The first kappa shape index (κ1) is 13.9. The molecule has 0 fully saturated rings. The van der Waals surface area contributed by atoms with Crippen LogP contribution in [0, 0.1) is 20.2 Å². The van der Waals surface area contributed by atoms with Gasteiger partial charge in [0.1, 0.15) is 9.85 Å². The van der Waals surface area contributed by atoms with Crippen LogP contribution in [0.2, 0.25) is 0 Å². The monoisotopic (exact) mass is 294 g/mol. The van der Waals surface area contributed by atoms with Crippen molar-refractivity contribution in [3.05, 3.63) is 56.0 Å². The maximum Gasteiger partial charge on any atom is 0.433 e. The molecule has 0 atom stereocenters. The number of furan rings is 2. The molecule has 108 valence electrons. The van der Waals surface area contributed by atoms with E-state index in [0.29, 0.717) is 0 Å². The third kappa shape index (κ3) is 3.28. The number of hydrogen-bond acceptors (Lipinski definition) is 8. The summed E-state index contributed by atoms with van der Waals surface area (Å²) in [7, 11) is 0. The quantitative estimate of drug-likeness (QED) is 0.497. The van der Waals surface area contributed by atoms with Crippen molar-refractivity contribution in [2.75, 3.05) is 0 Å². The number of nitro groups is 2. The second-order valence-corrected chi connectivity index (χ2v) is 3.53. The molecule has 2 rings (SSSR count). The van der Waals surface area contributed by atoms with Gasteiger partial charge in [-0.1, -0.05) is 0 Å². The topological polar surface area (TPSA) is 154 Å². The fraction of sp³-hybridized carbons (Fsp3) is 0. The number of amides is 1. The highest BCUT2D eigenvalue weighted by Gasteiger charge is 2.16. The molecule has 0 aliphatic carbocycles. The predicted molar refractivity (Wildman–Crippen MR) is 65.8 cm³/mol. The van der Waals surface area contributed by atoms with Gasteiger partial charge in [-0.2, -0.15) is 5.10 Å². The summed E-state index contributed by atoms with van der Waals surface area (Å²) >= 11 is 0. The van der Waals surface area contributed by atoms with Crippen LogP contribution in [0.15, 0.2) is 38.2 Å². The lowest BCUT2D eigenvalue weighted by Gasteiger charge is -1.93. The number of nitrogens with one attached hydrogen (secondary N) is 1. The fourth-order valence-corrected chi connectivity index (χ4v) is 1.27. The van der Waals surface area contributed by atoms with Gasteiger partial charge in [-0.3, -0.25) is 25.0 Å². The number of rotatable bonds is 5. The van der Waals surface area contributed by atoms with Crippen LogP contribution in [0.25, 0.3) is 0 Å². The molecular weight excluding hydrogens is 288 g/mol. The summed E-state index contributed by atoms with van der Waals surface area (Å²) in [4.78, 5) is 30.7. The summed E-state index contributed by atoms with van der Waals surface area (Å²) < 4.78 is 9.40. The molecule has 2 aromatic rings. The third-order valence-corrected chi connectivity index (χ3v) is 2.15. The Morgan fingerprint density at radius 2 is 1.71 bits per heavy atom. The second-order valence-electron chi connectivity index (χ2n) is 3.53. The van der Waals surface area contributed by atoms with Crippen molar-refractivity contribution < 1.29 is 23.5 Å². The number of nitrogens with zero attached hydrogens (tertiary/aromatic N) is 3. The lowest BCUT2D eigenvalue weighted by molar-refractivity contribution is -0.402. The van der Waals surface area contributed by atoms with Gasteiger partial charge in [-0.25, -0.2) is 5.43 Å². The molecule has 0 aliphatic heterocycles. The molecule has 0 unspecified atom stereocenters. The van der Waals surface area contributed by atoms with Crippen molar-refractivity contribution in [2.24, 2.45) is 5.10 Å². The van der Waals surface area contributed by atoms with Gasteiger partial charge in [0.25, 0.3) is 0 Å². The molecular formula is C10H6N4O7. The number of hydrazone groups is 1. The van der Waals surface area contributed by atoms with Crippen LogP contribution in [0.5, 0.6) is 0 Å². The minimum Gasteiger partial charge on any atom is -0.400 e. The van der Waals surface area contributed by atoms with E-state index in [0.717, 1.165) is 24.4 Å². The van der Waals surface area contributed by atoms with Gasteiger partial charge in [0.05, 0.1) is 18.3 Å². The third-order valence-electron chi connectivity index (χ3n) is 2.15. The summed E-state index contributed by atoms with van der Waals surface area (Å²) in [5, 5.41) is 24.2. The lowest BCUT2D eigenvalue weighted by atomic mass is 10.4. The van der Waals surface area contributed by atoms with E-state index in [9.17, 15) is 25.0 Å². The molecule has 0 radical (unpaired) electrons. The Morgan fingerprint density at radius 1 is 1.10 bits per heavy atom. The molecule has 0 aliphatic rings. The van der Waals surface area contributed by atoms with Gasteiger partial charge >= 0.3 is 17.7 Å². The van der Waals surface area contributed by atoms with Crippen molar-refractivity contribution in [1.29, 1.82) is 0 Å². The lowest BCUT2D eigenvalue weighted by Crippen LogP contribution is -2.16. The van der Waals surface area contributed by atoms with Crippen molar-refractivity contribution >= 4 is 23.9 Å². The predicted octanol–water partition coefficient (Wildman–Crippen LogP) is 1.45. The van der Waals surface area contributed by atoms with Gasteiger partial charge < -0.3 is 8.83 Å². The Bertz CT molecular complexity index is 729. The molecule has 11 heteroatoms. The molecule has 1 N–H and O–H groups in total. The molecule has 0 aromatic carbocycles. The summed E-state index contributed by atoms with van der Waals surface area (Å²) in [6.07, 6.45) is 1.03. The van der Waals surface area contributed by atoms with E-state index < -0.39 is 27.5 Å². The molecule has 0 saturated carbocycles. The van der Waals surface area contributed by atoms with E-state index in [-0.39, 0.29) is 11.5 Å². The second kappa shape index (κ2) is 5.64. The SMILES string of the molecule is O=C(NN=Cc1ccc([N+](=O)[O-])o1)c1ccc([N+](=O)[O-])o1. The molecule has 0 spiro atoms. The van der Waals surface area contributed by atoms with Crippen LogP contribution in [0.4, 0.5) is 11.8 Å². The zero-order chi connectivity index (χ0) is 15.4. The molecule has 1 amide bonds. The molecule has 11 nitrogen and oxygen atoms in total. The highest BCUT2D eigenvalue weighted by atomic mass is 16.7. The van der Waals surface area contributed by atoms with Gasteiger partial charge in [0, 0.05) is 0 Å². The normalized spacial score (nSPS) is 10.7. The summed E-state index contributed by atoms with van der Waals surface area (Å²) in [6.45, 7) is 0. The van der Waals surface area contributed by atoms with Crippen LogP contribution in [-0.4, -0.2) is 22.0 Å².